The molecule has 2 atom stereocenters. The molecule has 1 aromatic carbocycles. The molecule has 2 aromatic rings. The summed E-state index contributed by atoms with van der Waals surface area (Å²) in [5.74, 6) is -1.62. The summed E-state index contributed by atoms with van der Waals surface area (Å²) in [6.45, 7) is 1.53. The summed E-state index contributed by atoms with van der Waals surface area (Å²) in [6.07, 6.45) is -0.650. The third-order valence-electron chi connectivity index (χ3n) is 4.84. The van der Waals surface area contributed by atoms with Gasteiger partial charge >= 0.3 is 6.18 Å². The number of carbonyl (C=O) groups is 1. The monoisotopic (exact) mass is 378 g/mol. The number of alkyl halides is 3. The third-order valence-corrected chi connectivity index (χ3v) is 4.84. The van der Waals surface area contributed by atoms with Gasteiger partial charge in [0.2, 0.25) is 0 Å². The van der Waals surface area contributed by atoms with E-state index in [0.29, 0.717) is 17.5 Å². The van der Waals surface area contributed by atoms with Crippen molar-refractivity contribution in [2.45, 2.75) is 38.4 Å². The summed E-state index contributed by atoms with van der Waals surface area (Å²) in [7, 11) is 0. The molecule has 3 rings (SSSR count). The Morgan fingerprint density at radius 1 is 1.41 bits per heavy atom. The number of hydrogen-bond acceptors (Lipinski definition) is 3. The summed E-state index contributed by atoms with van der Waals surface area (Å²) in [6, 6.07) is 6.82. The Morgan fingerprint density at radius 2 is 2.19 bits per heavy atom. The van der Waals surface area contributed by atoms with E-state index in [1.165, 1.54) is 6.20 Å². The summed E-state index contributed by atoms with van der Waals surface area (Å²) >= 11 is 0. The fourth-order valence-electron chi connectivity index (χ4n) is 3.27. The second-order valence-electron chi connectivity index (χ2n) is 6.90. The number of halogens is 3. The van der Waals surface area contributed by atoms with E-state index in [-0.39, 0.29) is 31.4 Å². The van der Waals surface area contributed by atoms with Gasteiger partial charge in [0.25, 0.3) is 5.91 Å². The highest BCUT2D eigenvalue weighted by Gasteiger charge is 2.39. The SMILES string of the molecule is C[C@@H](CO)NC(=O)c1cnc2c(C3=CC[C@@H](C(F)(F)F)CC3)cccc2c1. The second-order valence-corrected chi connectivity index (χ2v) is 6.90. The summed E-state index contributed by atoms with van der Waals surface area (Å²) in [5, 5.41) is 12.5. The molecule has 27 heavy (non-hydrogen) atoms. The van der Waals surface area contributed by atoms with Gasteiger partial charge in [-0.2, -0.15) is 13.2 Å². The molecule has 0 saturated heterocycles. The summed E-state index contributed by atoms with van der Waals surface area (Å²) < 4.78 is 38.6. The fraction of sp³-hybridized carbons (Fsp3) is 0.400. The molecule has 1 heterocycles. The largest absolute Gasteiger partial charge is 0.394 e. The number of amides is 1. The van der Waals surface area contributed by atoms with Crippen molar-refractivity contribution in [3.8, 4) is 0 Å². The highest BCUT2D eigenvalue weighted by atomic mass is 19.4. The van der Waals surface area contributed by atoms with Gasteiger partial charge in [-0.25, -0.2) is 0 Å². The van der Waals surface area contributed by atoms with Gasteiger partial charge in [-0.05, 0) is 37.8 Å². The van der Waals surface area contributed by atoms with Gasteiger partial charge in [0, 0.05) is 23.2 Å². The van der Waals surface area contributed by atoms with Crippen LogP contribution in [0, 0.1) is 5.92 Å². The maximum atomic E-state index is 12.9. The summed E-state index contributed by atoms with van der Waals surface area (Å²) in [4.78, 5) is 16.6. The van der Waals surface area contributed by atoms with Gasteiger partial charge in [0.05, 0.1) is 23.6 Å². The van der Waals surface area contributed by atoms with Crippen molar-refractivity contribution in [1.82, 2.24) is 10.3 Å². The van der Waals surface area contributed by atoms with Crippen LogP contribution in [0.2, 0.25) is 0 Å². The Bertz CT molecular complexity index is 877. The number of rotatable bonds is 4. The summed E-state index contributed by atoms with van der Waals surface area (Å²) in [5.41, 5.74) is 2.71. The van der Waals surface area contributed by atoms with Crippen LogP contribution in [-0.4, -0.2) is 34.8 Å². The molecule has 0 saturated carbocycles. The maximum Gasteiger partial charge on any atom is 0.392 e. The first-order valence-electron chi connectivity index (χ1n) is 8.86. The molecule has 0 unspecified atom stereocenters. The lowest BCUT2D eigenvalue weighted by Gasteiger charge is -2.24. The smallest absolute Gasteiger partial charge is 0.392 e. The molecular formula is C20H21F3N2O2. The zero-order valence-corrected chi connectivity index (χ0v) is 14.9. The Kier molecular flexibility index (Phi) is 5.51. The number of nitrogens with zero attached hydrogens (tertiary/aromatic N) is 1. The van der Waals surface area contributed by atoms with Crippen LogP contribution in [0.25, 0.3) is 16.5 Å². The number of carbonyl (C=O) groups excluding carboxylic acids is 1. The molecule has 1 amide bonds. The fourth-order valence-corrected chi connectivity index (χ4v) is 3.27. The minimum Gasteiger partial charge on any atom is -0.394 e. The van der Waals surface area contributed by atoms with Crippen LogP contribution >= 0.6 is 0 Å². The van der Waals surface area contributed by atoms with E-state index in [0.717, 1.165) is 16.5 Å². The van der Waals surface area contributed by atoms with Gasteiger partial charge in [0.15, 0.2) is 0 Å². The lowest BCUT2D eigenvalue weighted by Crippen LogP contribution is -2.35. The number of pyridine rings is 1. The lowest BCUT2D eigenvalue weighted by molar-refractivity contribution is -0.175. The van der Waals surface area contributed by atoms with Gasteiger partial charge in [-0.1, -0.05) is 24.3 Å². The quantitative estimate of drug-likeness (QED) is 0.842. The lowest BCUT2D eigenvalue weighted by atomic mass is 9.85. The predicted octanol–water partition coefficient (Wildman–Crippen LogP) is 4.09. The average Bonchev–Trinajstić information content (AvgIpc) is 2.66. The van der Waals surface area contributed by atoms with Crippen molar-refractivity contribution in [3.63, 3.8) is 0 Å². The Labute approximate surface area is 155 Å². The minimum absolute atomic E-state index is 0.0191. The molecule has 1 aliphatic carbocycles. The number of nitrogens with one attached hydrogen (secondary N) is 1. The first kappa shape index (κ1) is 19.4. The Morgan fingerprint density at radius 3 is 2.81 bits per heavy atom. The normalized spacial score (nSPS) is 18.9. The number of benzene rings is 1. The third kappa shape index (κ3) is 4.30. The van der Waals surface area contributed by atoms with Crippen LogP contribution in [0.3, 0.4) is 0 Å². The van der Waals surface area contributed by atoms with Gasteiger partial charge in [-0.3, -0.25) is 9.78 Å². The number of aliphatic hydroxyl groups is 1. The van der Waals surface area contributed by atoms with Crippen LogP contribution in [0.4, 0.5) is 13.2 Å². The van der Waals surface area contributed by atoms with E-state index in [9.17, 15) is 18.0 Å². The van der Waals surface area contributed by atoms with Crippen LogP contribution in [-0.2, 0) is 0 Å². The van der Waals surface area contributed by atoms with Crippen LogP contribution in [0.1, 0.15) is 42.1 Å². The Balaban J connectivity index is 1.88. The molecular weight excluding hydrogens is 357 g/mol. The number of fused-ring (bicyclic) bond motifs is 1. The van der Waals surface area contributed by atoms with Crippen molar-refractivity contribution < 1.29 is 23.1 Å². The topological polar surface area (TPSA) is 62.2 Å². The molecule has 0 bridgehead atoms. The van der Waals surface area contributed by atoms with Crippen LogP contribution in [0.15, 0.2) is 36.5 Å². The molecule has 1 aromatic heterocycles. The molecule has 1 aliphatic rings. The van der Waals surface area contributed by atoms with Crippen LogP contribution in [0.5, 0.6) is 0 Å². The number of allylic oxidation sites excluding steroid dienone is 2. The molecule has 0 spiro atoms. The van der Waals surface area contributed by atoms with Crippen LogP contribution < -0.4 is 5.32 Å². The Hall–Kier alpha value is -2.41. The highest BCUT2D eigenvalue weighted by molar-refractivity contribution is 5.99. The molecule has 144 valence electrons. The molecule has 7 heteroatoms. The molecule has 0 fully saturated rings. The minimum atomic E-state index is -4.16. The second kappa shape index (κ2) is 7.68. The van der Waals surface area contributed by atoms with E-state index < -0.39 is 12.1 Å². The molecule has 0 radical (unpaired) electrons. The first-order valence-corrected chi connectivity index (χ1v) is 8.86. The van der Waals surface area contributed by atoms with Crippen molar-refractivity contribution in [2.24, 2.45) is 5.92 Å². The maximum absolute atomic E-state index is 12.9. The van der Waals surface area contributed by atoms with E-state index in [1.807, 2.05) is 18.2 Å². The zero-order valence-electron chi connectivity index (χ0n) is 14.9. The van der Waals surface area contributed by atoms with E-state index in [2.05, 4.69) is 10.3 Å². The van der Waals surface area contributed by atoms with Crippen molar-refractivity contribution >= 4 is 22.4 Å². The van der Waals surface area contributed by atoms with E-state index >= 15 is 0 Å². The molecule has 0 aliphatic heterocycles. The number of aliphatic hydroxyl groups excluding tert-OH is 1. The first-order chi connectivity index (χ1) is 12.8. The standard InChI is InChI=1S/C20H21F3N2O2/c1-12(11-26)25-19(27)15-9-14-3-2-4-17(18(14)24-10-15)13-5-7-16(8-6-13)20(21,22)23/h2-5,9-10,12,16,26H,6-8,11H2,1H3,(H,25,27)/t12-,16+/m0/s1. The van der Waals surface area contributed by atoms with Gasteiger partial charge < -0.3 is 10.4 Å². The molecule has 4 nitrogen and oxygen atoms in total. The van der Waals surface area contributed by atoms with Crippen molar-refractivity contribution in [1.29, 1.82) is 0 Å². The van der Waals surface area contributed by atoms with Crippen molar-refractivity contribution in [3.05, 3.63) is 47.7 Å². The van der Waals surface area contributed by atoms with Crippen molar-refractivity contribution in [2.75, 3.05) is 6.61 Å². The highest BCUT2D eigenvalue weighted by Crippen LogP contribution is 2.40. The van der Waals surface area contributed by atoms with E-state index in [1.54, 1.807) is 19.1 Å². The average molecular weight is 378 g/mol. The predicted molar refractivity (Wildman–Crippen MR) is 97.1 cm³/mol. The number of aromatic nitrogens is 1. The molecule has 2 N–H and O–H groups in total. The number of hydrogen-bond donors (Lipinski definition) is 2. The van der Waals surface area contributed by atoms with Gasteiger partial charge in [0.1, 0.15) is 0 Å². The number of para-hydroxylation sites is 1. The van der Waals surface area contributed by atoms with Gasteiger partial charge in [-0.15, -0.1) is 0 Å². The zero-order chi connectivity index (χ0) is 19.6. The van der Waals surface area contributed by atoms with E-state index in [4.69, 9.17) is 5.11 Å².